The van der Waals surface area contributed by atoms with E-state index in [0.29, 0.717) is 24.1 Å². The summed E-state index contributed by atoms with van der Waals surface area (Å²) in [5, 5.41) is 4.49. The molecule has 3 unspecified atom stereocenters. The fourth-order valence-corrected chi connectivity index (χ4v) is 5.17. The lowest BCUT2D eigenvalue weighted by atomic mass is 9.80. The number of carbonyl (C=O) groups is 3. The minimum atomic E-state index is -0.372. The number of carbonyl (C=O) groups excluding carboxylic acids is 3. The van der Waals surface area contributed by atoms with Crippen LogP contribution in [0.3, 0.4) is 0 Å². The van der Waals surface area contributed by atoms with Gasteiger partial charge in [-0.3, -0.25) is 19.8 Å². The summed E-state index contributed by atoms with van der Waals surface area (Å²) < 4.78 is 0. The van der Waals surface area contributed by atoms with Gasteiger partial charge in [0.2, 0.25) is 11.8 Å². The van der Waals surface area contributed by atoms with Crippen LogP contribution in [0, 0.1) is 11.8 Å². The molecule has 1 saturated heterocycles. The zero-order chi connectivity index (χ0) is 25.6. The highest BCUT2D eigenvalue weighted by Crippen LogP contribution is 2.32. The molecular weight excluding hydrogens is 462 g/mol. The topological polar surface area (TPSA) is 78.5 Å². The Bertz CT molecular complexity index is 1290. The molecule has 1 aliphatic heterocycles. The lowest BCUT2D eigenvalue weighted by Crippen LogP contribution is -2.59. The molecule has 5 rings (SSSR count). The zero-order valence-corrected chi connectivity index (χ0v) is 20.7. The molecule has 0 aromatic heterocycles. The highest BCUT2D eigenvalue weighted by atomic mass is 16.2. The van der Waals surface area contributed by atoms with Crippen molar-refractivity contribution >= 4 is 23.4 Å². The third-order valence-corrected chi connectivity index (χ3v) is 7.20. The van der Waals surface area contributed by atoms with E-state index in [4.69, 9.17) is 0 Å². The zero-order valence-electron chi connectivity index (χ0n) is 20.7. The predicted molar refractivity (Wildman–Crippen MR) is 143 cm³/mol. The fraction of sp³-hybridized carbons (Fsp3) is 0.258. The van der Waals surface area contributed by atoms with Gasteiger partial charge in [0, 0.05) is 5.56 Å². The quantitative estimate of drug-likeness (QED) is 0.427. The molecule has 1 heterocycles. The summed E-state index contributed by atoms with van der Waals surface area (Å²) in [6, 6.07) is 27.0. The van der Waals surface area contributed by atoms with Crippen LogP contribution in [0.4, 0.5) is 5.69 Å². The summed E-state index contributed by atoms with van der Waals surface area (Å²) in [5.74, 6) is -1.23. The van der Waals surface area contributed by atoms with Crippen LogP contribution < -0.4 is 15.8 Å². The minimum Gasteiger partial charge on any atom is -0.345 e. The monoisotopic (exact) mass is 493 g/mol. The van der Waals surface area contributed by atoms with Crippen LogP contribution in [0.1, 0.15) is 53.2 Å². The largest absolute Gasteiger partial charge is 0.345 e. The number of allylic oxidation sites excluding steroid dienone is 2. The highest BCUT2D eigenvalue weighted by molar-refractivity contribution is 6.05. The molecule has 37 heavy (non-hydrogen) atoms. The molecule has 3 amide bonds. The number of benzene rings is 3. The van der Waals surface area contributed by atoms with Crippen LogP contribution in [-0.4, -0.2) is 17.7 Å². The smallest absolute Gasteiger partial charge is 0.251 e. The minimum absolute atomic E-state index is 0.144. The first-order chi connectivity index (χ1) is 18.1. The number of rotatable bonds is 8. The Morgan fingerprint density at radius 1 is 0.892 bits per heavy atom. The molecule has 188 valence electrons. The normalized spacial score (nSPS) is 19.6. The molecule has 1 fully saturated rings. The van der Waals surface area contributed by atoms with Crippen molar-refractivity contribution in [3.05, 3.63) is 114 Å². The number of aryl methyl sites for hydroxylation is 1. The third kappa shape index (κ3) is 5.64. The molecule has 3 atom stereocenters. The Morgan fingerprint density at radius 2 is 1.59 bits per heavy atom. The van der Waals surface area contributed by atoms with Crippen LogP contribution in [-0.2, 0) is 16.0 Å². The van der Waals surface area contributed by atoms with E-state index in [-0.39, 0.29) is 35.6 Å². The summed E-state index contributed by atoms with van der Waals surface area (Å²) in [4.78, 5) is 39.2. The SMILES string of the molecule is O=C(NC(CCCc1ccccc1)c1ccccc1)c1cccc(N2NC(=O)C3CC=CCC3C2=O)c1. The van der Waals surface area contributed by atoms with E-state index in [1.54, 1.807) is 24.3 Å². The molecule has 3 aromatic rings. The third-order valence-electron chi connectivity index (χ3n) is 7.20. The number of hydrogen-bond acceptors (Lipinski definition) is 3. The van der Waals surface area contributed by atoms with Crippen molar-refractivity contribution in [1.29, 1.82) is 0 Å². The molecule has 1 aliphatic carbocycles. The Labute approximate surface area is 217 Å². The van der Waals surface area contributed by atoms with E-state index < -0.39 is 0 Å². The lowest BCUT2D eigenvalue weighted by Gasteiger charge is -2.38. The first-order valence-corrected chi connectivity index (χ1v) is 12.9. The second kappa shape index (κ2) is 11.2. The standard InChI is InChI=1S/C31H31N3O3/c35-29(32-28(23-14-5-2-6-15-23)20-9-13-22-11-3-1-4-12-22)24-16-10-17-25(21-24)34-31(37)27-19-8-7-18-26(27)30(36)33-34/h1-8,10-12,14-17,21,26-28H,9,13,18-20H2,(H,32,35)(H,33,36). The first kappa shape index (κ1) is 24.5. The van der Waals surface area contributed by atoms with Crippen LogP contribution in [0.2, 0.25) is 0 Å². The van der Waals surface area contributed by atoms with E-state index in [0.717, 1.165) is 24.8 Å². The number of hydrazine groups is 1. The van der Waals surface area contributed by atoms with E-state index in [1.165, 1.54) is 10.6 Å². The van der Waals surface area contributed by atoms with Crippen molar-refractivity contribution < 1.29 is 14.4 Å². The van der Waals surface area contributed by atoms with Gasteiger partial charge in [0.25, 0.3) is 5.91 Å². The molecule has 6 heteroatoms. The number of anilines is 1. The van der Waals surface area contributed by atoms with Gasteiger partial charge in [-0.1, -0.05) is 78.9 Å². The average molecular weight is 494 g/mol. The predicted octanol–water partition coefficient (Wildman–Crippen LogP) is 5.14. The van der Waals surface area contributed by atoms with Crippen molar-refractivity contribution in [1.82, 2.24) is 10.7 Å². The van der Waals surface area contributed by atoms with Crippen molar-refractivity contribution in [3.63, 3.8) is 0 Å². The van der Waals surface area contributed by atoms with Gasteiger partial charge in [0.15, 0.2) is 0 Å². The number of nitrogens with zero attached hydrogens (tertiary/aromatic N) is 1. The first-order valence-electron chi connectivity index (χ1n) is 12.9. The number of amides is 3. The maximum Gasteiger partial charge on any atom is 0.251 e. The van der Waals surface area contributed by atoms with Crippen molar-refractivity contribution in [3.8, 4) is 0 Å². The van der Waals surface area contributed by atoms with Gasteiger partial charge in [-0.25, -0.2) is 5.01 Å². The van der Waals surface area contributed by atoms with Gasteiger partial charge in [-0.05, 0) is 61.4 Å². The maximum absolute atomic E-state index is 13.4. The van der Waals surface area contributed by atoms with Gasteiger partial charge < -0.3 is 5.32 Å². The van der Waals surface area contributed by atoms with Crippen molar-refractivity contribution in [2.24, 2.45) is 11.8 Å². The molecule has 0 saturated carbocycles. The van der Waals surface area contributed by atoms with Gasteiger partial charge in [0.05, 0.1) is 23.6 Å². The van der Waals surface area contributed by atoms with Crippen LogP contribution in [0.15, 0.2) is 97.1 Å². The molecular formula is C31H31N3O3. The number of fused-ring (bicyclic) bond motifs is 1. The second-order valence-corrected chi connectivity index (χ2v) is 9.67. The van der Waals surface area contributed by atoms with Gasteiger partial charge in [-0.2, -0.15) is 0 Å². The number of nitrogens with one attached hydrogen (secondary N) is 2. The van der Waals surface area contributed by atoms with Crippen LogP contribution in [0.25, 0.3) is 0 Å². The van der Waals surface area contributed by atoms with Gasteiger partial charge >= 0.3 is 0 Å². The number of hydrogen-bond donors (Lipinski definition) is 2. The van der Waals surface area contributed by atoms with E-state index in [2.05, 4.69) is 22.9 Å². The lowest BCUT2D eigenvalue weighted by molar-refractivity contribution is -0.139. The van der Waals surface area contributed by atoms with E-state index >= 15 is 0 Å². The van der Waals surface area contributed by atoms with Crippen molar-refractivity contribution in [2.45, 2.75) is 38.1 Å². The molecule has 2 N–H and O–H groups in total. The molecule has 2 aliphatic rings. The average Bonchev–Trinajstić information content (AvgIpc) is 2.95. The molecule has 3 aromatic carbocycles. The second-order valence-electron chi connectivity index (χ2n) is 9.67. The Morgan fingerprint density at radius 3 is 2.35 bits per heavy atom. The van der Waals surface area contributed by atoms with Crippen molar-refractivity contribution in [2.75, 3.05) is 5.01 Å². The van der Waals surface area contributed by atoms with Crippen LogP contribution in [0.5, 0.6) is 0 Å². The molecule has 0 spiro atoms. The summed E-state index contributed by atoms with van der Waals surface area (Å²) in [6.07, 6.45) is 7.69. The molecule has 6 nitrogen and oxygen atoms in total. The van der Waals surface area contributed by atoms with E-state index in [1.807, 2.05) is 60.7 Å². The Kier molecular flexibility index (Phi) is 7.45. The maximum atomic E-state index is 13.4. The Hall–Kier alpha value is -4.19. The highest BCUT2D eigenvalue weighted by Gasteiger charge is 2.42. The summed E-state index contributed by atoms with van der Waals surface area (Å²) >= 11 is 0. The van der Waals surface area contributed by atoms with E-state index in [9.17, 15) is 14.4 Å². The van der Waals surface area contributed by atoms with Gasteiger partial charge in [0.1, 0.15) is 0 Å². The van der Waals surface area contributed by atoms with Gasteiger partial charge in [-0.15, -0.1) is 0 Å². The Balaban J connectivity index is 1.30. The fourth-order valence-electron chi connectivity index (χ4n) is 5.17. The van der Waals surface area contributed by atoms with Crippen LogP contribution >= 0.6 is 0 Å². The molecule has 0 radical (unpaired) electrons. The summed E-state index contributed by atoms with van der Waals surface area (Å²) in [5.41, 5.74) is 5.99. The molecule has 0 bridgehead atoms. The summed E-state index contributed by atoms with van der Waals surface area (Å²) in [7, 11) is 0. The summed E-state index contributed by atoms with van der Waals surface area (Å²) in [6.45, 7) is 0.